The molecule has 2 heterocycles. The summed E-state index contributed by atoms with van der Waals surface area (Å²) in [6.45, 7) is 4.09. The van der Waals surface area contributed by atoms with Gasteiger partial charge in [-0.05, 0) is 32.0 Å². The zero-order valence-electron chi connectivity index (χ0n) is 17.5. The van der Waals surface area contributed by atoms with E-state index in [1.165, 1.54) is 12.0 Å². The molecule has 0 N–H and O–H groups in total. The molecule has 8 nitrogen and oxygen atoms in total. The van der Waals surface area contributed by atoms with Gasteiger partial charge >= 0.3 is 5.97 Å². The van der Waals surface area contributed by atoms with E-state index in [4.69, 9.17) is 18.9 Å². The molecule has 2 aromatic rings. The van der Waals surface area contributed by atoms with E-state index in [1.807, 2.05) is 17.5 Å². The first-order valence-electron chi connectivity index (χ1n) is 9.67. The highest BCUT2D eigenvalue weighted by Gasteiger charge is 2.33. The van der Waals surface area contributed by atoms with E-state index in [2.05, 4.69) is 4.98 Å². The smallest absolute Gasteiger partial charge is 0.326 e. The van der Waals surface area contributed by atoms with Gasteiger partial charge in [0.2, 0.25) is 0 Å². The summed E-state index contributed by atoms with van der Waals surface area (Å²) in [6, 6.07) is 5.52. The van der Waals surface area contributed by atoms with Crippen LogP contribution < -0.4 is 9.64 Å². The number of anilines is 1. The Labute approximate surface area is 179 Å². The Morgan fingerprint density at radius 3 is 2.87 bits per heavy atom. The Kier molecular flexibility index (Phi) is 7.41. The lowest BCUT2D eigenvalue weighted by molar-refractivity contribution is -0.149. The standard InChI is InChI=1S/C21H26N2O6S/c1-13(11-27-4)28-20(24)10-23-17-9-15(5-6-18(17)29-14(2)21(23)25)16-12-30-19(22-16)7-8-26-3/h5-6,9,12-14H,7-8,10-11H2,1-4H3. The average molecular weight is 435 g/mol. The number of benzene rings is 1. The zero-order chi connectivity index (χ0) is 21.7. The van der Waals surface area contributed by atoms with Gasteiger partial charge in [-0.15, -0.1) is 11.3 Å². The molecule has 1 aromatic heterocycles. The molecule has 1 aliphatic heterocycles. The number of thiazole rings is 1. The molecule has 0 radical (unpaired) electrons. The van der Waals surface area contributed by atoms with E-state index in [-0.39, 0.29) is 19.1 Å². The second-order valence-corrected chi connectivity index (χ2v) is 7.93. The maximum Gasteiger partial charge on any atom is 0.326 e. The van der Waals surface area contributed by atoms with Crippen LogP contribution in [0.15, 0.2) is 23.6 Å². The first-order chi connectivity index (χ1) is 14.4. The fraction of sp³-hybridized carbons (Fsp3) is 0.476. The Morgan fingerprint density at radius 1 is 1.33 bits per heavy atom. The summed E-state index contributed by atoms with van der Waals surface area (Å²) in [4.78, 5) is 31.2. The predicted molar refractivity (Wildman–Crippen MR) is 113 cm³/mol. The van der Waals surface area contributed by atoms with Crippen molar-refractivity contribution >= 4 is 28.9 Å². The van der Waals surface area contributed by atoms with Crippen LogP contribution in [0.3, 0.4) is 0 Å². The van der Waals surface area contributed by atoms with Crippen LogP contribution in [0.4, 0.5) is 5.69 Å². The zero-order valence-corrected chi connectivity index (χ0v) is 18.4. The fourth-order valence-electron chi connectivity index (χ4n) is 3.14. The molecular formula is C21H26N2O6S. The summed E-state index contributed by atoms with van der Waals surface area (Å²) in [7, 11) is 3.19. The van der Waals surface area contributed by atoms with E-state index < -0.39 is 18.2 Å². The van der Waals surface area contributed by atoms with E-state index in [0.717, 1.165) is 22.7 Å². The molecule has 162 valence electrons. The number of fused-ring (bicyclic) bond motifs is 1. The molecule has 2 atom stereocenters. The number of ether oxygens (including phenoxy) is 4. The normalized spacial score (nSPS) is 16.7. The molecule has 0 aliphatic carbocycles. The molecule has 1 aromatic carbocycles. The van der Waals surface area contributed by atoms with Crippen molar-refractivity contribution in [2.75, 3.05) is 38.9 Å². The summed E-state index contributed by atoms with van der Waals surface area (Å²) in [6.07, 6.45) is -0.349. The number of hydrogen-bond acceptors (Lipinski definition) is 8. The first-order valence-corrected chi connectivity index (χ1v) is 10.5. The molecule has 3 rings (SSSR count). The minimum absolute atomic E-state index is 0.201. The third-order valence-corrected chi connectivity index (χ3v) is 5.46. The van der Waals surface area contributed by atoms with Crippen molar-refractivity contribution in [1.82, 2.24) is 4.98 Å². The minimum Gasteiger partial charge on any atom is -0.479 e. The highest BCUT2D eigenvalue weighted by atomic mass is 32.1. The van der Waals surface area contributed by atoms with Gasteiger partial charge in [0, 0.05) is 31.6 Å². The lowest BCUT2D eigenvalue weighted by Crippen LogP contribution is -2.47. The Morgan fingerprint density at radius 2 is 2.13 bits per heavy atom. The van der Waals surface area contributed by atoms with Crippen LogP contribution in [-0.2, 0) is 30.2 Å². The van der Waals surface area contributed by atoms with E-state index in [1.54, 1.807) is 38.4 Å². The minimum atomic E-state index is -0.688. The van der Waals surface area contributed by atoms with Crippen LogP contribution in [0.1, 0.15) is 18.9 Å². The molecule has 0 saturated carbocycles. The van der Waals surface area contributed by atoms with Crippen LogP contribution in [0.2, 0.25) is 0 Å². The lowest BCUT2D eigenvalue weighted by atomic mass is 10.1. The van der Waals surface area contributed by atoms with E-state index in [0.29, 0.717) is 18.0 Å². The highest BCUT2D eigenvalue weighted by molar-refractivity contribution is 7.09. The van der Waals surface area contributed by atoms with Crippen molar-refractivity contribution in [2.45, 2.75) is 32.5 Å². The molecule has 2 unspecified atom stereocenters. The second kappa shape index (κ2) is 10.0. The number of rotatable bonds is 9. The molecule has 1 amide bonds. The predicted octanol–water partition coefficient (Wildman–Crippen LogP) is 2.69. The van der Waals surface area contributed by atoms with Crippen LogP contribution >= 0.6 is 11.3 Å². The van der Waals surface area contributed by atoms with Crippen LogP contribution in [-0.4, -0.2) is 63.0 Å². The second-order valence-electron chi connectivity index (χ2n) is 6.99. The Balaban J connectivity index is 1.84. The van der Waals surface area contributed by atoms with Crippen LogP contribution in [0.5, 0.6) is 5.75 Å². The third kappa shape index (κ3) is 5.16. The number of aromatic nitrogens is 1. The molecular weight excluding hydrogens is 408 g/mol. The summed E-state index contributed by atoms with van der Waals surface area (Å²) in [5.41, 5.74) is 2.17. The number of carbonyl (C=O) groups excluding carboxylic acids is 2. The molecule has 9 heteroatoms. The van der Waals surface area contributed by atoms with Gasteiger partial charge in [0.15, 0.2) is 6.10 Å². The first kappa shape index (κ1) is 22.2. The molecule has 30 heavy (non-hydrogen) atoms. The topological polar surface area (TPSA) is 87.2 Å². The number of esters is 1. The highest BCUT2D eigenvalue weighted by Crippen LogP contribution is 2.37. The summed E-state index contributed by atoms with van der Waals surface area (Å²) in [5, 5.41) is 2.93. The Hall–Kier alpha value is -2.49. The van der Waals surface area contributed by atoms with Gasteiger partial charge < -0.3 is 18.9 Å². The number of carbonyl (C=O) groups is 2. The maximum atomic E-state index is 12.7. The molecule has 1 aliphatic rings. The van der Waals surface area contributed by atoms with Crippen LogP contribution in [0, 0.1) is 0 Å². The van der Waals surface area contributed by atoms with E-state index >= 15 is 0 Å². The summed E-state index contributed by atoms with van der Waals surface area (Å²) in [5.74, 6) is -0.262. The van der Waals surface area contributed by atoms with Crippen molar-refractivity contribution in [2.24, 2.45) is 0 Å². The number of methoxy groups -OCH3 is 2. The van der Waals surface area contributed by atoms with Gasteiger partial charge in [-0.3, -0.25) is 14.5 Å². The molecule has 0 fully saturated rings. The van der Waals surface area contributed by atoms with Crippen molar-refractivity contribution < 1.29 is 28.5 Å². The monoisotopic (exact) mass is 434 g/mol. The van der Waals surface area contributed by atoms with Gasteiger partial charge in [0.05, 0.1) is 29.6 Å². The van der Waals surface area contributed by atoms with Crippen molar-refractivity contribution in [3.8, 4) is 17.0 Å². The van der Waals surface area contributed by atoms with Gasteiger partial charge in [-0.2, -0.15) is 0 Å². The molecule has 0 bridgehead atoms. The van der Waals surface area contributed by atoms with Gasteiger partial charge in [0.1, 0.15) is 18.4 Å². The molecule has 0 spiro atoms. The number of nitrogens with zero attached hydrogens (tertiary/aromatic N) is 2. The van der Waals surface area contributed by atoms with Crippen molar-refractivity contribution in [1.29, 1.82) is 0 Å². The van der Waals surface area contributed by atoms with Crippen molar-refractivity contribution in [3.05, 3.63) is 28.6 Å². The summed E-state index contributed by atoms with van der Waals surface area (Å²) < 4.78 is 21.1. The SMILES string of the molecule is COCCc1nc(-c2ccc3c(c2)N(CC(=O)OC(C)COC)C(=O)C(C)O3)cs1. The average Bonchev–Trinajstić information content (AvgIpc) is 3.18. The Bertz CT molecular complexity index is 899. The quantitative estimate of drug-likeness (QED) is 0.561. The lowest BCUT2D eigenvalue weighted by Gasteiger charge is -2.32. The van der Waals surface area contributed by atoms with Gasteiger partial charge in [-0.1, -0.05) is 0 Å². The maximum absolute atomic E-state index is 12.7. The fourth-order valence-corrected chi connectivity index (χ4v) is 3.93. The number of hydrogen-bond donors (Lipinski definition) is 0. The molecule has 0 saturated heterocycles. The van der Waals surface area contributed by atoms with E-state index in [9.17, 15) is 9.59 Å². The van der Waals surface area contributed by atoms with Gasteiger partial charge in [-0.25, -0.2) is 4.98 Å². The van der Waals surface area contributed by atoms with Crippen molar-refractivity contribution in [3.63, 3.8) is 0 Å². The largest absolute Gasteiger partial charge is 0.479 e. The third-order valence-electron chi connectivity index (χ3n) is 4.56. The van der Waals surface area contributed by atoms with Crippen LogP contribution in [0.25, 0.3) is 11.3 Å². The number of amides is 1. The van der Waals surface area contributed by atoms with Gasteiger partial charge in [0.25, 0.3) is 5.91 Å². The summed E-state index contributed by atoms with van der Waals surface area (Å²) >= 11 is 1.56.